The van der Waals surface area contributed by atoms with Crippen molar-refractivity contribution < 1.29 is 14.3 Å². The van der Waals surface area contributed by atoms with Crippen molar-refractivity contribution in [1.29, 1.82) is 0 Å². The number of rotatable bonds is 3. The van der Waals surface area contributed by atoms with Gasteiger partial charge in [-0.05, 0) is 17.0 Å². The number of primary amides is 1. The Morgan fingerprint density at radius 2 is 2.12 bits per heavy atom. The normalized spacial score (nSPS) is 11.3. The van der Waals surface area contributed by atoms with Crippen LogP contribution in [0.15, 0.2) is 12.3 Å². The third kappa shape index (κ3) is 3.42. The highest BCUT2D eigenvalue weighted by molar-refractivity contribution is 5.68. The van der Waals surface area contributed by atoms with Crippen LogP contribution in [0, 0.1) is 0 Å². The molecular weight excluding hydrogens is 220 g/mol. The van der Waals surface area contributed by atoms with E-state index in [1.807, 2.05) is 26.8 Å². The van der Waals surface area contributed by atoms with E-state index in [4.69, 9.17) is 15.2 Å². The Bertz CT molecular complexity index is 411. The molecule has 0 aliphatic heterocycles. The Kier molecular flexibility index (Phi) is 4.07. The number of hydrogen-bond donors (Lipinski definition) is 1. The van der Waals surface area contributed by atoms with E-state index in [2.05, 4.69) is 4.98 Å². The predicted octanol–water partition coefficient (Wildman–Crippen LogP) is 1.98. The van der Waals surface area contributed by atoms with Gasteiger partial charge in [0.1, 0.15) is 0 Å². The zero-order valence-corrected chi connectivity index (χ0v) is 10.6. The van der Waals surface area contributed by atoms with E-state index in [1.54, 1.807) is 13.3 Å². The number of ether oxygens (including phenoxy) is 2. The van der Waals surface area contributed by atoms with Crippen LogP contribution in [0.3, 0.4) is 0 Å². The number of pyridine rings is 1. The molecule has 94 valence electrons. The lowest BCUT2D eigenvalue weighted by Gasteiger charge is -2.24. The highest BCUT2D eigenvalue weighted by atomic mass is 16.6. The number of nitrogens with two attached hydrogens (primary N) is 1. The first-order valence-electron chi connectivity index (χ1n) is 5.31. The molecule has 1 aromatic rings. The fraction of sp³-hybridized carbons (Fsp3) is 0.500. The average molecular weight is 238 g/mol. The molecule has 17 heavy (non-hydrogen) atoms. The van der Waals surface area contributed by atoms with Crippen molar-refractivity contribution >= 4 is 6.09 Å². The van der Waals surface area contributed by atoms with Gasteiger partial charge in [0, 0.05) is 18.9 Å². The van der Waals surface area contributed by atoms with E-state index in [9.17, 15) is 4.79 Å². The topological polar surface area (TPSA) is 74.4 Å². The van der Waals surface area contributed by atoms with E-state index in [1.165, 1.54) is 0 Å². The van der Waals surface area contributed by atoms with Gasteiger partial charge in [-0.1, -0.05) is 20.8 Å². The predicted molar refractivity (Wildman–Crippen MR) is 63.9 cm³/mol. The molecule has 0 bridgehead atoms. The summed E-state index contributed by atoms with van der Waals surface area (Å²) in [4.78, 5) is 14.9. The molecule has 0 unspecified atom stereocenters. The minimum Gasteiger partial charge on any atom is -0.391 e. The van der Waals surface area contributed by atoms with Crippen molar-refractivity contribution in [3.63, 3.8) is 0 Å². The van der Waals surface area contributed by atoms with Crippen LogP contribution in [-0.4, -0.2) is 18.2 Å². The summed E-state index contributed by atoms with van der Waals surface area (Å²) >= 11 is 0. The van der Waals surface area contributed by atoms with Crippen molar-refractivity contribution in [3.05, 3.63) is 23.4 Å². The molecule has 0 saturated heterocycles. The van der Waals surface area contributed by atoms with Crippen LogP contribution in [0.25, 0.3) is 0 Å². The fourth-order valence-electron chi connectivity index (χ4n) is 1.73. The third-order valence-corrected chi connectivity index (χ3v) is 2.25. The summed E-state index contributed by atoms with van der Waals surface area (Å²) in [5, 5.41) is 0. The molecule has 0 aromatic carbocycles. The van der Waals surface area contributed by atoms with Gasteiger partial charge in [-0.3, -0.25) is 0 Å². The van der Waals surface area contributed by atoms with E-state index < -0.39 is 6.09 Å². The average Bonchev–Trinajstić information content (AvgIpc) is 2.15. The zero-order valence-electron chi connectivity index (χ0n) is 10.6. The van der Waals surface area contributed by atoms with Crippen LogP contribution in [0.4, 0.5) is 4.79 Å². The summed E-state index contributed by atoms with van der Waals surface area (Å²) in [6, 6.07) is 1.85. The number of methoxy groups -OCH3 is 1. The van der Waals surface area contributed by atoms with Gasteiger partial charge >= 0.3 is 6.09 Å². The number of hydrogen-bond acceptors (Lipinski definition) is 4. The van der Waals surface area contributed by atoms with Gasteiger partial charge in [0.25, 0.3) is 0 Å². The first-order valence-corrected chi connectivity index (χ1v) is 5.31. The summed E-state index contributed by atoms with van der Waals surface area (Å²) in [7, 11) is 1.61. The highest BCUT2D eigenvalue weighted by Gasteiger charge is 2.24. The monoisotopic (exact) mass is 238 g/mol. The van der Waals surface area contributed by atoms with Crippen LogP contribution < -0.4 is 10.5 Å². The van der Waals surface area contributed by atoms with Gasteiger partial charge in [-0.15, -0.1) is 0 Å². The zero-order chi connectivity index (χ0) is 13.1. The summed E-state index contributed by atoms with van der Waals surface area (Å²) in [5.41, 5.74) is 6.58. The summed E-state index contributed by atoms with van der Waals surface area (Å²) < 4.78 is 10.1. The Balaban J connectivity index is 3.29. The number of aromatic nitrogens is 1. The Morgan fingerprint density at radius 3 is 2.59 bits per heavy atom. The van der Waals surface area contributed by atoms with Gasteiger partial charge in [-0.25, -0.2) is 9.78 Å². The van der Waals surface area contributed by atoms with Gasteiger partial charge < -0.3 is 15.2 Å². The number of amides is 1. The van der Waals surface area contributed by atoms with Crippen molar-refractivity contribution in [3.8, 4) is 5.88 Å². The summed E-state index contributed by atoms with van der Waals surface area (Å²) in [6.07, 6.45) is 0.708. The SMILES string of the molecule is COCc1ccnc(OC(N)=O)c1C(C)(C)C. The fourth-order valence-corrected chi connectivity index (χ4v) is 1.73. The highest BCUT2D eigenvalue weighted by Crippen LogP contribution is 2.33. The van der Waals surface area contributed by atoms with E-state index in [0.29, 0.717) is 6.61 Å². The molecule has 5 heteroatoms. The Hall–Kier alpha value is -1.62. The molecule has 0 spiro atoms. The molecule has 0 fully saturated rings. The van der Waals surface area contributed by atoms with Crippen LogP contribution in [-0.2, 0) is 16.8 Å². The number of carbonyl (C=O) groups is 1. The smallest absolute Gasteiger partial charge is 0.391 e. The molecule has 2 N–H and O–H groups in total. The van der Waals surface area contributed by atoms with Crippen molar-refractivity contribution in [2.45, 2.75) is 32.8 Å². The van der Waals surface area contributed by atoms with Crippen LogP contribution in [0.1, 0.15) is 31.9 Å². The Morgan fingerprint density at radius 1 is 1.47 bits per heavy atom. The summed E-state index contributed by atoms with van der Waals surface area (Å²) in [6.45, 7) is 6.47. The largest absolute Gasteiger partial charge is 0.411 e. The first kappa shape index (κ1) is 13.4. The number of carbonyl (C=O) groups excluding carboxylic acids is 1. The molecule has 0 radical (unpaired) electrons. The molecular formula is C12H18N2O3. The first-order chi connectivity index (χ1) is 7.86. The second kappa shape index (κ2) is 5.14. The molecule has 1 rings (SSSR count). The molecule has 0 aliphatic rings. The van der Waals surface area contributed by atoms with Crippen molar-refractivity contribution in [1.82, 2.24) is 4.98 Å². The third-order valence-electron chi connectivity index (χ3n) is 2.25. The van der Waals surface area contributed by atoms with E-state index >= 15 is 0 Å². The molecule has 5 nitrogen and oxygen atoms in total. The van der Waals surface area contributed by atoms with Crippen molar-refractivity contribution in [2.75, 3.05) is 7.11 Å². The second-order valence-corrected chi connectivity index (χ2v) is 4.75. The van der Waals surface area contributed by atoms with Gasteiger partial charge in [0.05, 0.1) is 6.61 Å². The molecule has 1 heterocycles. The molecule has 0 aliphatic carbocycles. The Labute approximate surface area is 101 Å². The quantitative estimate of drug-likeness (QED) is 0.873. The lowest BCUT2D eigenvalue weighted by Crippen LogP contribution is -2.22. The van der Waals surface area contributed by atoms with E-state index in [-0.39, 0.29) is 11.3 Å². The maximum absolute atomic E-state index is 10.8. The van der Waals surface area contributed by atoms with Gasteiger partial charge in [-0.2, -0.15) is 0 Å². The maximum atomic E-state index is 10.8. The lowest BCUT2D eigenvalue weighted by molar-refractivity contribution is 0.181. The van der Waals surface area contributed by atoms with Gasteiger partial charge in [0.15, 0.2) is 0 Å². The minimum absolute atomic E-state index is 0.215. The minimum atomic E-state index is -0.863. The molecule has 1 aromatic heterocycles. The number of nitrogens with zero attached hydrogens (tertiary/aromatic N) is 1. The molecule has 1 amide bonds. The lowest BCUT2D eigenvalue weighted by atomic mass is 9.84. The summed E-state index contributed by atoms with van der Waals surface area (Å²) in [5.74, 6) is 0.250. The van der Waals surface area contributed by atoms with Crippen LogP contribution >= 0.6 is 0 Å². The molecule has 0 atom stereocenters. The molecule has 0 saturated carbocycles. The van der Waals surface area contributed by atoms with E-state index in [0.717, 1.165) is 11.1 Å². The standard InChI is InChI=1S/C12H18N2O3/c1-12(2,3)9-8(7-16-4)5-6-14-10(9)17-11(13)15/h5-6H,7H2,1-4H3,(H2,13,15). The second-order valence-electron chi connectivity index (χ2n) is 4.75. The maximum Gasteiger partial charge on any atom is 0.411 e. The van der Waals surface area contributed by atoms with Crippen molar-refractivity contribution in [2.24, 2.45) is 5.73 Å². The van der Waals surface area contributed by atoms with Crippen LogP contribution in [0.2, 0.25) is 0 Å². The van der Waals surface area contributed by atoms with Crippen LogP contribution in [0.5, 0.6) is 5.88 Å². The van der Waals surface area contributed by atoms with Gasteiger partial charge in [0.2, 0.25) is 5.88 Å².